The van der Waals surface area contributed by atoms with Gasteiger partial charge < -0.3 is 10.1 Å². The monoisotopic (exact) mass is 227 g/mol. The zero-order valence-corrected chi connectivity index (χ0v) is 11.7. The Morgan fingerprint density at radius 3 is 2.25 bits per heavy atom. The van der Waals surface area contributed by atoms with Gasteiger partial charge in [-0.1, -0.05) is 20.8 Å². The summed E-state index contributed by atoms with van der Waals surface area (Å²) in [6, 6.07) is 0.611. The Hall–Kier alpha value is -0.0800. The van der Waals surface area contributed by atoms with E-state index in [4.69, 9.17) is 4.74 Å². The summed E-state index contributed by atoms with van der Waals surface area (Å²) in [5.41, 5.74) is 0.639. The predicted octanol–water partition coefficient (Wildman–Crippen LogP) is 3.36. The van der Waals surface area contributed by atoms with Crippen molar-refractivity contribution in [3.63, 3.8) is 0 Å². The molecule has 1 saturated carbocycles. The second-order valence-electron chi connectivity index (χ2n) is 6.53. The Kier molecular flexibility index (Phi) is 4.81. The highest BCUT2D eigenvalue weighted by Gasteiger charge is 2.38. The van der Waals surface area contributed by atoms with Gasteiger partial charge in [0, 0.05) is 13.2 Å². The Morgan fingerprint density at radius 1 is 1.31 bits per heavy atom. The van der Waals surface area contributed by atoms with E-state index in [9.17, 15) is 0 Å². The van der Waals surface area contributed by atoms with Crippen LogP contribution in [-0.2, 0) is 4.74 Å². The summed E-state index contributed by atoms with van der Waals surface area (Å²) >= 11 is 0. The Morgan fingerprint density at radius 2 is 1.94 bits per heavy atom. The SMILES string of the molecule is CNC(CCC(C)(C)C)CC1(OC)CCC1. The van der Waals surface area contributed by atoms with Crippen molar-refractivity contribution in [1.82, 2.24) is 5.32 Å². The molecular weight excluding hydrogens is 198 g/mol. The third-order valence-electron chi connectivity index (χ3n) is 3.97. The van der Waals surface area contributed by atoms with E-state index in [-0.39, 0.29) is 5.60 Å². The smallest absolute Gasteiger partial charge is 0.0693 e. The molecule has 0 aromatic carbocycles. The molecule has 0 amide bonds. The van der Waals surface area contributed by atoms with Crippen LogP contribution in [0.2, 0.25) is 0 Å². The van der Waals surface area contributed by atoms with E-state index in [0.29, 0.717) is 11.5 Å². The maximum atomic E-state index is 5.70. The van der Waals surface area contributed by atoms with Crippen LogP contribution >= 0.6 is 0 Å². The molecule has 2 heteroatoms. The van der Waals surface area contributed by atoms with Crippen LogP contribution in [0.15, 0.2) is 0 Å². The maximum Gasteiger partial charge on any atom is 0.0693 e. The highest BCUT2D eigenvalue weighted by atomic mass is 16.5. The molecule has 1 aliphatic carbocycles. The molecule has 0 saturated heterocycles. The molecule has 1 aliphatic rings. The normalized spacial score (nSPS) is 21.6. The van der Waals surface area contributed by atoms with E-state index in [2.05, 4.69) is 33.1 Å². The maximum absolute atomic E-state index is 5.70. The van der Waals surface area contributed by atoms with Gasteiger partial charge in [-0.25, -0.2) is 0 Å². The van der Waals surface area contributed by atoms with Crippen LogP contribution in [0.1, 0.15) is 59.3 Å². The highest BCUT2D eigenvalue weighted by molar-refractivity contribution is 4.93. The highest BCUT2D eigenvalue weighted by Crippen LogP contribution is 2.39. The molecule has 1 atom stereocenters. The van der Waals surface area contributed by atoms with Crippen LogP contribution in [0.5, 0.6) is 0 Å². The van der Waals surface area contributed by atoms with E-state index in [1.54, 1.807) is 0 Å². The number of hydrogen-bond acceptors (Lipinski definition) is 2. The summed E-state index contributed by atoms with van der Waals surface area (Å²) < 4.78 is 5.70. The third kappa shape index (κ3) is 4.06. The fraction of sp³-hybridized carbons (Fsp3) is 1.00. The zero-order valence-electron chi connectivity index (χ0n) is 11.7. The molecule has 0 aromatic heterocycles. The summed E-state index contributed by atoms with van der Waals surface area (Å²) in [5.74, 6) is 0. The summed E-state index contributed by atoms with van der Waals surface area (Å²) in [7, 11) is 3.95. The van der Waals surface area contributed by atoms with Crippen molar-refractivity contribution < 1.29 is 4.74 Å². The minimum atomic E-state index is 0.200. The molecule has 0 radical (unpaired) electrons. The van der Waals surface area contributed by atoms with Crippen molar-refractivity contribution >= 4 is 0 Å². The average molecular weight is 227 g/mol. The second-order valence-corrected chi connectivity index (χ2v) is 6.53. The first-order valence-corrected chi connectivity index (χ1v) is 6.63. The van der Waals surface area contributed by atoms with E-state index < -0.39 is 0 Å². The van der Waals surface area contributed by atoms with Crippen molar-refractivity contribution in [2.75, 3.05) is 14.2 Å². The van der Waals surface area contributed by atoms with Gasteiger partial charge in [-0.3, -0.25) is 0 Å². The summed E-state index contributed by atoms with van der Waals surface area (Å²) in [6.07, 6.45) is 7.54. The van der Waals surface area contributed by atoms with Crippen LogP contribution in [0.3, 0.4) is 0 Å². The third-order valence-corrected chi connectivity index (χ3v) is 3.97. The van der Waals surface area contributed by atoms with E-state index in [1.807, 2.05) is 7.11 Å². The fourth-order valence-electron chi connectivity index (χ4n) is 2.47. The van der Waals surface area contributed by atoms with Gasteiger partial charge in [-0.05, 0) is 51.0 Å². The minimum Gasteiger partial charge on any atom is -0.378 e. The quantitative estimate of drug-likeness (QED) is 0.751. The molecule has 0 aliphatic heterocycles. The van der Waals surface area contributed by atoms with Crippen molar-refractivity contribution in [3.05, 3.63) is 0 Å². The molecule has 1 N–H and O–H groups in total. The zero-order chi connectivity index (χ0) is 12.2. The first kappa shape index (κ1) is 14.0. The average Bonchev–Trinajstić information content (AvgIpc) is 2.15. The first-order chi connectivity index (χ1) is 7.41. The summed E-state index contributed by atoms with van der Waals surface area (Å²) in [4.78, 5) is 0. The number of hydrogen-bond donors (Lipinski definition) is 1. The van der Waals surface area contributed by atoms with Gasteiger partial charge in [-0.15, -0.1) is 0 Å². The lowest BCUT2D eigenvalue weighted by molar-refractivity contribution is -0.0839. The molecule has 16 heavy (non-hydrogen) atoms. The molecule has 1 unspecified atom stereocenters. The van der Waals surface area contributed by atoms with Gasteiger partial charge in [-0.2, -0.15) is 0 Å². The van der Waals surface area contributed by atoms with Crippen LogP contribution < -0.4 is 5.32 Å². The Labute approximate surface area is 101 Å². The molecule has 0 aromatic rings. The van der Waals surface area contributed by atoms with Crippen LogP contribution in [0.4, 0.5) is 0 Å². The molecule has 0 bridgehead atoms. The number of rotatable bonds is 6. The van der Waals surface area contributed by atoms with Crippen molar-refractivity contribution in [2.24, 2.45) is 5.41 Å². The first-order valence-electron chi connectivity index (χ1n) is 6.63. The Bertz CT molecular complexity index is 198. The predicted molar refractivity (Wildman–Crippen MR) is 69.7 cm³/mol. The molecule has 1 fully saturated rings. The Balaban J connectivity index is 2.36. The van der Waals surface area contributed by atoms with Gasteiger partial charge in [0.05, 0.1) is 5.60 Å². The van der Waals surface area contributed by atoms with Crippen LogP contribution in [0.25, 0.3) is 0 Å². The van der Waals surface area contributed by atoms with Gasteiger partial charge in [0.1, 0.15) is 0 Å². The number of ether oxygens (including phenoxy) is 1. The molecule has 0 spiro atoms. The minimum absolute atomic E-state index is 0.200. The summed E-state index contributed by atoms with van der Waals surface area (Å²) in [5, 5.41) is 3.45. The van der Waals surface area contributed by atoms with Gasteiger partial charge in [0.2, 0.25) is 0 Å². The molecule has 1 rings (SSSR count). The van der Waals surface area contributed by atoms with Crippen molar-refractivity contribution in [1.29, 1.82) is 0 Å². The lowest BCUT2D eigenvalue weighted by atomic mass is 9.74. The molecule has 96 valence electrons. The van der Waals surface area contributed by atoms with Gasteiger partial charge in [0.15, 0.2) is 0 Å². The largest absolute Gasteiger partial charge is 0.378 e. The van der Waals surface area contributed by atoms with Gasteiger partial charge in [0.25, 0.3) is 0 Å². The summed E-state index contributed by atoms with van der Waals surface area (Å²) in [6.45, 7) is 6.94. The van der Waals surface area contributed by atoms with Crippen molar-refractivity contribution in [3.8, 4) is 0 Å². The van der Waals surface area contributed by atoms with Crippen LogP contribution in [-0.4, -0.2) is 25.8 Å². The van der Waals surface area contributed by atoms with Gasteiger partial charge >= 0.3 is 0 Å². The number of methoxy groups -OCH3 is 1. The van der Waals surface area contributed by atoms with Crippen molar-refractivity contribution in [2.45, 2.75) is 70.9 Å². The van der Waals surface area contributed by atoms with E-state index in [1.165, 1.54) is 38.5 Å². The standard InChI is InChI=1S/C14H29NO/c1-13(2,3)10-7-12(15-4)11-14(16-5)8-6-9-14/h12,15H,6-11H2,1-5H3. The number of nitrogens with one attached hydrogen (secondary N) is 1. The lowest BCUT2D eigenvalue weighted by Crippen LogP contribution is -2.45. The second kappa shape index (κ2) is 5.50. The topological polar surface area (TPSA) is 21.3 Å². The van der Waals surface area contributed by atoms with E-state index >= 15 is 0 Å². The molecular formula is C14H29NO. The van der Waals surface area contributed by atoms with Crippen LogP contribution in [0, 0.1) is 5.41 Å². The molecule has 0 heterocycles. The fourth-order valence-corrected chi connectivity index (χ4v) is 2.47. The molecule has 2 nitrogen and oxygen atoms in total. The lowest BCUT2D eigenvalue weighted by Gasteiger charge is -2.43. The van der Waals surface area contributed by atoms with E-state index in [0.717, 1.165) is 0 Å².